The first kappa shape index (κ1) is 15.3. The molecule has 0 saturated carbocycles. The van der Waals surface area contributed by atoms with Crippen molar-refractivity contribution >= 4 is 5.91 Å². The Bertz CT molecular complexity index is 537. The van der Waals surface area contributed by atoms with E-state index in [1.807, 2.05) is 36.1 Å². The molecule has 5 nitrogen and oxygen atoms in total. The summed E-state index contributed by atoms with van der Waals surface area (Å²) in [6, 6.07) is 7.72. The Morgan fingerprint density at radius 2 is 2.05 bits per heavy atom. The molecule has 2 heterocycles. The van der Waals surface area contributed by atoms with E-state index in [0.717, 1.165) is 31.8 Å². The van der Waals surface area contributed by atoms with E-state index in [1.54, 1.807) is 0 Å². The fourth-order valence-electron chi connectivity index (χ4n) is 3.54. The summed E-state index contributed by atoms with van der Waals surface area (Å²) >= 11 is 0. The van der Waals surface area contributed by atoms with E-state index in [1.165, 1.54) is 5.56 Å². The average Bonchev–Trinajstić information content (AvgIpc) is 2.82. The van der Waals surface area contributed by atoms with E-state index in [0.29, 0.717) is 5.92 Å². The molecule has 2 aliphatic heterocycles. The summed E-state index contributed by atoms with van der Waals surface area (Å²) in [5.41, 5.74) is 1.25. The van der Waals surface area contributed by atoms with Gasteiger partial charge in [-0.1, -0.05) is 17.7 Å². The number of carbonyl (C=O) groups excluding carboxylic acids is 1. The monoisotopic (exact) mass is 304 g/mol. The van der Waals surface area contributed by atoms with Crippen molar-refractivity contribution in [2.24, 2.45) is 5.92 Å². The van der Waals surface area contributed by atoms with Crippen molar-refractivity contribution in [2.75, 3.05) is 39.9 Å². The van der Waals surface area contributed by atoms with Crippen LogP contribution in [-0.4, -0.2) is 66.2 Å². The van der Waals surface area contributed by atoms with Crippen molar-refractivity contribution in [3.63, 3.8) is 0 Å². The fraction of sp³-hybridized carbons (Fsp3) is 0.588. The molecular weight excluding hydrogens is 280 g/mol. The van der Waals surface area contributed by atoms with Crippen molar-refractivity contribution in [3.8, 4) is 5.75 Å². The fourth-order valence-corrected chi connectivity index (χ4v) is 3.54. The van der Waals surface area contributed by atoms with Gasteiger partial charge in [0.05, 0.1) is 5.54 Å². The minimum absolute atomic E-state index is 0.0343. The van der Waals surface area contributed by atoms with Crippen molar-refractivity contribution in [2.45, 2.75) is 18.9 Å². The third-order valence-corrected chi connectivity index (χ3v) is 4.98. The highest BCUT2D eigenvalue weighted by atomic mass is 16.5. The summed E-state index contributed by atoms with van der Waals surface area (Å²) in [6.07, 6.45) is 0.975. The van der Waals surface area contributed by atoms with Gasteiger partial charge in [0.15, 0.2) is 6.61 Å². The van der Waals surface area contributed by atoms with Gasteiger partial charge in [-0.25, -0.2) is 0 Å². The van der Waals surface area contributed by atoms with Crippen LogP contribution in [0.4, 0.5) is 0 Å². The molecule has 1 aromatic carbocycles. The lowest BCUT2D eigenvalue weighted by Crippen LogP contribution is -2.68. The van der Waals surface area contributed by atoms with Crippen molar-refractivity contribution in [3.05, 3.63) is 29.8 Å². The molecule has 2 aliphatic rings. The van der Waals surface area contributed by atoms with Gasteiger partial charge in [-0.15, -0.1) is 0 Å². The molecule has 5 heteroatoms. The molecular formula is C17H24N2O3. The Morgan fingerprint density at radius 3 is 2.64 bits per heavy atom. The number of aryl methyl sites for hydroxylation is 1. The minimum atomic E-state index is 0.0343. The quantitative estimate of drug-likeness (QED) is 0.898. The number of likely N-dealkylation sites (N-methyl/N-ethyl adjacent to an activating group) is 1. The Kier molecular flexibility index (Phi) is 4.10. The molecule has 0 radical (unpaired) electrons. The van der Waals surface area contributed by atoms with E-state index in [2.05, 4.69) is 11.9 Å². The minimum Gasteiger partial charge on any atom is -0.484 e. The molecule has 22 heavy (non-hydrogen) atoms. The highest BCUT2D eigenvalue weighted by molar-refractivity contribution is 5.79. The Hall–Kier alpha value is -1.59. The molecule has 1 spiro atoms. The number of hydrogen-bond donors (Lipinski definition) is 1. The van der Waals surface area contributed by atoms with Gasteiger partial charge in [0.2, 0.25) is 0 Å². The number of ether oxygens (including phenoxy) is 1. The van der Waals surface area contributed by atoms with Crippen LogP contribution in [0.2, 0.25) is 0 Å². The number of rotatable bonds is 4. The first-order chi connectivity index (χ1) is 10.5. The van der Waals surface area contributed by atoms with E-state index < -0.39 is 0 Å². The van der Waals surface area contributed by atoms with Crippen LogP contribution in [0.1, 0.15) is 12.0 Å². The van der Waals surface area contributed by atoms with Gasteiger partial charge in [-0.2, -0.15) is 0 Å². The van der Waals surface area contributed by atoms with Crippen LogP contribution in [0.5, 0.6) is 5.75 Å². The van der Waals surface area contributed by atoms with Crippen molar-refractivity contribution < 1.29 is 14.6 Å². The molecule has 1 N–H and O–H groups in total. The standard InChI is InChI=1S/C17H24N2O3/c1-13-3-5-15(6-4-13)22-10-16(21)19-11-17(12-19)7-14(9-20)8-18(17)2/h3-6,14,20H,7-12H2,1-2H3. The lowest BCUT2D eigenvalue weighted by atomic mass is 9.84. The normalized spacial score (nSPS) is 23.6. The number of hydrogen-bond acceptors (Lipinski definition) is 4. The van der Waals surface area contributed by atoms with Crippen molar-refractivity contribution in [1.82, 2.24) is 9.80 Å². The number of amides is 1. The molecule has 2 saturated heterocycles. The number of aliphatic hydroxyl groups is 1. The predicted molar refractivity (Wildman–Crippen MR) is 83.8 cm³/mol. The van der Waals surface area contributed by atoms with Gasteiger partial charge < -0.3 is 14.7 Å². The van der Waals surface area contributed by atoms with Crippen LogP contribution in [0.3, 0.4) is 0 Å². The smallest absolute Gasteiger partial charge is 0.260 e. The molecule has 2 fully saturated rings. The molecule has 3 rings (SSSR count). The van der Waals surface area contributed by atoms with Gasteiger partial charge in [0.25, 0.3) is 5.91 Å². The summed E-state index contributed by atoms with van der Waals surface area (Å²) in [7, 11) is 2.08. The summed E-state index contributed by atoms with van der Waals surface area (Å²) in [4.78, 5) is 16.3. The van der Waals surface area contributed by atoms with Gasteiger partial charge in [0.1, 0.15) is 5.75 Å². The van der Waals surface area contributed by atoms with Gasteiger partial charge in [-0.05, 0) is 38.4 Å². The zero-order valence-corrected chi connectivity index (χ0v) is 13.3. The van der Waals surface area contributed by atoms with Crippen molar-refractivity contribution in [1.29, 1.82) is 0 Å². The molecule has 0 aliphatic carbocycles. The van der Waals surface area contributed by atoms with Crippen LogP contribution in [-0.2, 0) is 4.79 Å². The molecule has 1 aromatic rings. The van der Waals surface area contributed by atoms with Gasteiger partial charge in [-0.3, -0.25) is 9.69 Å². The molecule has 1 unspecified atom stereocenters. The zero-order valence-electron chi connectivity index (χ0n) is 13.3. The van der Waals surface area contributed by atoms with Crippen LogP contribution < -0.4 is 4.74 Å². The third kappa shape index (κ3) is 2.83. The molecule has 1 amide bonds. The molecule has 120 valence electrons. The van der Waals surface area contributed by atoms with Gasteiger partial charge in [0, 0.05) is 26.2 Å². The first-order valence-electron chi connectivity index (χ1n) is 7.82. The van der Waals surface area contributed by atoms with E-state index in [-0.39, 0.29) is 24.7 Å². The lowest BCUT2D eigenvalue weighted by Gasteiger charge is -2.51. The second-order valence-electron chi connectivity index (χ2n) is 6.71. The number of nitrogens with zero attached hydrogens (tertiary/aromatic N) is 2. The summed E-state index contributed by atoms with van der Waals surface area (Å²) in [6.45, 7) is 4.75. The maximum Gasteiger partial charge on any atom is 0.260 e. The van der Waals surface area contributed by atoms with E-state index in [9.17, 15) is 9.90 Å². The number of likely N-dealkylation sites (tertiary alicyclic amines) is 2. The lowest BCUT2D eigenvalue weighted by molar-refractivity contribution is -0.145. The third-order valence-electron chi connectivity index (χ3n) is 4.98. The average molecular weight is 304 g/mol. The number of aliphatic hydroxyl groups excluding tert-OH is 1. The summed E-state index contributed by atoms with van der Waals surface area (Å²) < 4.78 is 5.56. The second kappa shape index (κ2) is 5.89. The topological polar surface area (TPSA) is 53.0 Å². The maximum atomic E-state index is 12.2. The molecule has 1 atom stereocenters. The SMILES string of the molecule is Cc1ccc(OCC(=O)N2CC3(CC(CO)CN3C)C2)cc1. The largest absolute Gasteiger partial charge is 0.484 e. The van der Waals surface area contributed by atoms with E-state index >= 15 is 0 Å². The second-order valence-corrected chi connectivity index (χ2v) is 6.71. The van der Waals surface area contributed by atoms with Crippen LogP contribution in [0.25, 0.3) is 0 Å². The highest BCUT2D eigenvalue weighted by Crippen LogP contribution is 2.39. The Balaban J connectivity index is 1.48. The Labute approximate surface area is 131 Å². The Morgan fingerprint density at radius 1 is 1.36 bits per heavy atom. The molecule has 0 aromatic heterocycles. The highest BCUT2D eigenvalue weighted by Gasteiger charge is 2.52. The zero-order chi connectivity index (χ0) is 15.7. The maximum absolute atomic E-state index is 12.2. The molecule has 0 bridgehead atoms. The summed E-state index contributed by atoms with van der Waals surface area (Å²) in [5, 5.41) is 9.31. The number of carbonyl (C=O) groups is 1. The van der Waals surface area contributed by atoms with E-state index in [4.69, 9.17) is 4.74 Å². The first-order valence-corrected chi connectivity index (χ1v) is 7.82. The van der Waals surface area contributed by atoms with Crippen LogP contribution in [0.15, 0.2) is 24.3 Å². The van der Waals surface area contributed by atoms with Crippen LogP contribution >= 0.6 is 0 Å². The number of benzene rings is 1. The predicted octanol–water partition coefficient (Wildman–Crippen LogP) is 0.899. The summed E-state index contributed by atoms with van der Waals surface area (Å²) in [5.74, 6) is 1.10. The van der Waals surface area contributed by atoms with Gasteiger partial charge >= 0.3 is 0 Å². The van der Waals surface area contributed by atoms with Crippen LogP contribution in [0, 0.1) is 12.8 Å².